The summed E-state index contributed by atoms with van der Waals surface area (Å²) in [5.41, 5.74) is 1.69. The number of carbonyl (C=O) groups excluding carboxylic acids is 1. The molecule has 2 amide bonds. The zero-order valence-corrected chi connectivity index (χ0v) is 11.8. The monoisotopic (exact) mass is 296 g/mol. The molecule has 3 rings (SSSR count). The first-order valence-electron chi connectivity index (χ1n) is 6.33. The van der Waals surface area contributed by atoms with Gasteiger partial charge in [0.2, 0.25) is 5.95 Å². The van der Waals surface area contributed by atoms with E-state index in [0.29, 0.717) is 11.6 Å². The predicted octanol–water partition coefficient (Wildman–Crippen LogP) is 3.85. The number of para-hydroxylation sites is 1. The van der Waals surface area contributed by atoms with Crippen molar-refractivity contribution in [2.45, 2.75) is 0 Å². The van der Waals surface area contributed by atoms with E-state index in [0.717, 1.165) is 10.6 Å². The normalized spacial score (nSPS) is 10.1. The zero-order valence-electron chi connectivity index (χ0n) is 11.0. The van der Waals surface area contributed by atoms with Gasteiger partial charge in [-0.2, -0.15) is 9.36 Å². The second kappa shape index (κ2) is 6.15. The lowest BCUT2D eigenvalue weighted by Gasteiger charge is -2.03. The van der Waals surface area contributed by atoms with Crippen molar-refractivity contribution in [2.24, 2.45) is 0 Å². The Balaban J connectivity index is 1.66. The van der Waals surface area contributed by atoms with E-state index in [1.165, 1.54) is 11.5 Å². The van der Waals surface area contributed by atoms with Gasteiger partial charge in [0.15, 0.2) is 0 Å². The molecular weight excluding hydrogens is 284 g/mol. The van der Waals surface area contributed by atoms with E-state index in [-0.39, 0.29) is 6.03 Å². The van der Waals surface area contributed by atoms with Gasteiger partial charge in [-0.15, -0.1) is 0 Å². The van der Waals surface area contributed by atoms with Crippen LogP contribution in [0.4, 0.5) is 16.4 Å². The number of hydrogen-bond acceptors (Lipinski definition) is 4. The molecule has 0 radical (unpaired) electrons. The van der Waals surface area contributed by atoms with Crippen LogP contribution in [0.2, 0.25) is 0 Å². The van der Waals surface area contributed by atoms with Gasteiger partial charge in [0.05, 0.1) is 0 Å². The van der Waals surface area contributed by atoms with Crippen molar-refractivity contribution < 1.29 is 4.79 Å². The smallest absolute Gasteiger partial charge is 0.308 e. The Labute approximate surface area is 125 Å². The number of urea groups is 1. The molecule has 0 aliphatic heterocycles. The van der Waals surface area contributed by atoms with Crippen LogP contribution in [-0.4, -0.2) is 15.4 Å². The van der Waals surface area contributed by atoms with Crippen molar-refractivity contribution in [3.05, 3.63) is 60.7 Å². The highest BCUT2D eigenvalue weighted by molar-refractivity contribution is 7.09. The third kappa shape index (κ3) is 3.43. The summed E-state index contributed by atoms with van der Waals surface area (Å²) in [5.74, 6) is 0.298. The number of nitrogens with one attached hydrogen (secondary N) is 2. The largest absolute Gasteiger partial charge is 0.326 e. The van der Waals surface area contributed by atoms with Crippen LogP contribution in [0.1, 0.15) is 0 Å². The molecule has 0 saturated carbocycles. The molecule has 0 atom stereocenters. The third-order valence-corrected chi connectivity index (χ3v) is 3.47. The van der Waals surface area contributed by atoms with Crippen LogP contribution in [0.15, 0.2) is 60.7 Å². The Bertz CT molecular complexity index is 728. The fourth-order valence-electron chi connectivity index (χ4n) is 1.76. The third-order valence-electron chi connectivity index (χ3n) is 2.70. The Hall–Kier alpha value is -2.73. The molecule has 0 aliphatic carbocycles. The maximum atomic E-state index is 11.8. The number of hydrogen-bond donors (Lipinski definition) is 2. The van der Waals surface area contributed by atoms with Crippen LogP contribution in [0.3, 0.4) is 0 Å². The first-order valence-corrected chi connectivity index (χ1v) is 7.11. The molecular formula is C15H12N4OS. The molecule has 3 aromatic rings. The van der Waals surface area contributed by atoms with Gasteiger partial charge in [-0.05, 0) is 23.7 Å². The molecule has 1 aromatic heterocycles. The molecule has 1 heterocycles. The summed E-state index contributed by atoms with van der Waals surface area (Å²) in [4.78, 5) is 16.1. The topological polar surface area (TPSA) is 66.9 Å². The molecule has 0 aliphatic rings. The maximum Gasteiger partial charge on any atom is 0.326 e. The minimum atomic E-state index is -0.362. The van der Waals surface area contributed by atoms with Crippen molar-refractivity contribution in [1.82, 2.24) is 9.36 Å². The first-order chi connectivity index (χ1) is 10.3. The lowest BCUT2D eigenvalue weighted by Crippen LogP contribution is -2.20. The van der Waals surface area contributed by atoms with Gasteiger partial charge in [0.1, 0.15) is 5.01 Å². The number of benzene rings is 2. The SMILES string of the molecule is O=C(Nc1ccccc1)Nc1nsc(-c2ccccc2)n1. The van der Waals surface area contributed by atoms with Gasteiger partial charge in [0, 0.05) is 11.3 Å². The van der Waals surface area contributed by atoms with Crippen LogP contribution in [0.25, 0.3) is 10.6 Å². The average Bonchev–Trinajstić information content (AvgIpc) is 2.97. The number of aromatic nitrogens is 2. The lowest BCUT2D eigenvalue weighted by molar-refractivity contribution is 0.262. The Morgan fingerprint density at radius 2 is 1.57 bits per heavy atom. The molecule has 0 spiro atoms. The van der Waals surface area contributed by atoms with E-state index in [1.54, 1.807) is 0 Å². The minimum Gasteiger partial charge on any atom is -0.308 e. The van der Waals surface area contributed by atoms with Crippen molar-refractivity contribution in [3.63, 3.8) is 0 Å². The van der Waals surface area contributed by atoms with Crippen molar-refractivity contribution in [3.8, 4) is 10.6 Å². The van der Waals surface area contributed by atoms with E-state index in [1.807, 2.05) is 60.7 Å². The zero-order chi connectivity index (χ0) is 14.5. The van der Waals surface area contributed by atoms with E-state index in [2.05, 4.69) is 20.0 Å². The van der Waals surface area contributed by atoms with E-state index < -0.39 is 0 Å². The standard InChI is InChI=1S/C15H12N4OS/c20-15(16-12-9-5-2-6-10-12)18-14-17-13(21-19-14)11-7-3-1-4-8-11/h1-10H,(H2,16,18,19,20). The van der Waals surface area contributed by atoms with Gasteiger partial charge in [-0.25, -0.2) is 4.79 Å². The van der Waals surface area contributed by atoms with Crippen LogP contribution in [-0.2, 0) is 0 Å². The fraction of sp³-hybridized carbons (Fsp3) is 0. The first kappa shape index (κ1) is 13.3. The summed E-state index contributed by atoms with van der Waals surface area (Å²) in [7, 11) is 0. The van der Waals surface area contributed by atoms with Gasteiger partial charge >= 0.3 is 6.03 Å². The molecule has 0 unspecified atom stereocenters. The van der Waals surface area contributed by atoms with Crippen LogP contribution in [0.5, 0.6) is 0 Å². The summed E-state index contributed by atoms with van der Waals surface area (Å²) >= 11 is 1.25. The Kier molecular flexibility index (Phi) is 3.88. The van der Waals surface area contributed by atoms with E-state index >= 15 is 0 Å². The second-order valence-corrected chi connectivity index (χ2v) is 4.99. The highest BCUT2D eigenvalue weighted by Gasteiger charge is 2.09. The Morgan fingerprint density at radius 3 is 2.29 bits per heavy atom. The van der Waals surface area contributed by atoms with Crippen molar-refractivity contribution in [1.29, 1.82) is 0 Å². The average molecular weight is 296 g/mol. The number of anilines is 2. The number of nitrogens with zero attached hydrogens (tertiary/aromatic N) is 2. The van der Waals surface area contributed by atoms with Gasteiger partial charge in [-0.1, -0.05) is 48.5 Å². The van der Waals surface area contributed by atoms with Crippen molar-refractivity contribution >= 4 is 29.2 Å². The lowest BCUT2D eigenvalue weighted by atomic mass is 10.2. The fourth-order valence-corrected chi connectivity index (χ4v) is 2.39. The summed E-state index contributed by atoms with van der Waals surface area (Å²) in [6.45, 7) is 0. The summed E-state index contributed by atoms with van der Waals surface area (Å²) in [5, 5.41) is 6.10. The molecule has 0 bridgehead atoms. The van der Waals surface area contributed by atoms with Crippen LogP contribution >= 0.6 is 11.5 Å². The molecule has 0 fully saturated rings. The van der Waals surface area contributed by atoms with E-state index in [4.69, 9.17) is 0 Å². The van der Waals surface area contributed by atoms with Crippen LogP contribution in [0, 0.1) is 0 Å². The molecule has 2 N–H and O–H groups in total. The summed E-state index contributed by atoms with van der Waals surface area (Å²) < 4.78 is 4.13. The van der Waals surface area contributed by atoms with Gasteiger partial charge in [-0.3, -0.25) is 5.32 Å². The molecule has 6 heteroatoms. The van der Waals surface area contributed by atoms with Crippen LogP contribution < -0.4 is 10.6 Å². The highest BCUT2D eigenvalue weighted by Crippen LogP contribution is 2.22. The quantitative estimate of drug-likeness (QED) is 0.771. The number of carbonyl (C=O) groups is 1. The highest BCUT2D eigenvalue weighted by atomic mass is 32.1. The second-order valence-electron chi connectivity index (χ2n) is 4.23. The molecule has 104 valence electrons. The number of amides is 2. The van der Waals surface area contributed by atoms with E-state index in [9.17, 15) is 4.79 Å². The summed E-state index contributed by atoms with van der Waals surface area (Å²) in [6.07, 6.45) is 0. The van der Waals surface area contributed by atoms with Gasteiger partial charge < -0.3 is 5.32 Å². The maximum absolute atomic E-state index is 11.8. The Morgan fingerprint density at radius 1 is 0.905 bits per heavy atom. The molecule has 21 heavy (non-hydrogen) atoms. The molecule has 2 aromatic carbocycles. The number of rotatable bonds is 3. The predicted molar refractivity (Wildman–Crippen MR) is 84.4 cm³/mol. The minimum absolute atomic E-state index is 0.298. The molecule has 0 saturated heterocycles. The van der Waals surface area contributed by atoms with Gasteiger partial charge in [0.25, 0.3) is 0 Å². The summed E-state index contributed by atoms with van der Waals surface area (Å²) in [6, 6.07) is 18.6. The molecule has 5 nitrogen and oxygen atoms in total. The van der Waals surface area contributed by atoms with Crippen molar-refractivity contribution in [2.75, 3.05) is 10.6 Å².